The highest BCUT2D eigenvalue weighted by atomic mass is 16.5. The van der Waals surface area contributed by atoms with Gasteiger partial charge in [-0.2, -0.15) is 0 Å². The van der Waals surface area contributed by atoms with Gasteiger partial charge in [-0.15, -0.1) is 0 Å². The van der Waals surface area contributed by atoms with E-state index in [2.05, 4.69) is 10.1 Å². The lowest BCUT2D eigenvalue weighted by molar-refractivity contribution is 0.0698. The van der Waals surface area contributed by atoms with Crippen LogP contribution in [0.25, 0.3) is 0 Å². The second kappa shape index (κ2) is 4.27. The molecule has 0 heterocycles. The van der Waals surface area contributed by atoms with E-state index in [1.165, 1.54) is 19.2 Å². The summed E-state index contributed by atoms with van der Waals surface area (Å²) in [6.07, 6.45) is -0.696. The summed E-state index contributed by atoms with van der Waals surface area (Å²) in [5.41, 5.74) is 0.241. The van der Waals surface area contributed by atoms with Crippen molar-refractivity contribution in [3.05, 3.63) is 29.8 Å². The highest BCUT2D eigenvalue weighted by Gasteiger charge is 2.10. The molecule has 14 heavy (non-hydrogen) atoms. The van der Waals surface area contributed by atoms with Gasteiger partial charge in [0.05, 0.1) is 18.4 Å². The number of para-hydroxylation sites is 1. The lowest BCUT2D eigenvalue weighted by Crippen LogP contribution is -2.13. The lowest BCUT2D eigenvalue weighted by atomic mass is 10.2. The lowest BCUT2D eigenvalue weighted by Gasteiger charge is -2.06. The molecule has 1 aromatic carbocycles. The fraction of sp³-hybridized carbons (Fsp3) is 0.111. The summed E-state index contributed by atoms with van der Waals surface area (Å²) in [7, 11) is 1.21. The Kier molecular flexibility index (Phi) is 3.06. The molecule has 1 rings (SSSR count). The first-order chi connectivity index (χ1) is 6.65. The zero-order chi connectivity index (χ0) is 10.6. The van der Waals surface area contributed by atoms with Gasteiger partial charge in [-0.05, 0) is 12.1 Å². The van der Waals surface area contributed by atoms with Crippen LogP contribution in [-0.4, -0.2) is 24.3 Å². The first-order valence-electron chi connectivity index (χ1n) is 3.82. The third kappa shape index (κ3) is 2.22. The molecule has 0 aliphatic carbocycles. The quantitative estimate of drug-likeness (QED) is 0.750. The van der Waals surface area contributed by atoms with Crippen LogP contribution in [0.15, 0.2) is 24.3 Å². The van der Waals surface area contributed by atoms with Crippen molar-refractivity contribution in [2.45, 2.75) is 0 Å². The van der Waals surface area contributed by atoms with E-state index < -0.39 is 12.1 Å². The Bertz CT molecular complexity index is 362. The summed E-state index contributed by atoms with van der Waals surface area (Å²) in [4.78, 5) is 21.5. The monoisotopic (exact) mass is 195 g/mol. The predicted octanol–water partition coefficient (Wildman–Crippen LogP) is 1.56. The number of ether oxygens (including phenoxy) is 1. The molecule has 0 radical (unpaired) electrons. The largest absolute Gasteiger partial charge is 0.478 e. The number of carbonyl (C=O) groups is 2. The maximum absolute atomic E-state index is 10.8. The number of anilines is 1. The van der Waals surface area contributed by atoms with Gasteiger partial charge in [0.15, 0.2) is 0 Å². The molecule has 1 aromatic rings. The minimum Gasteiger partial charge on any atom is -0.478 e. The van der Waals surface area contributed by atoms with Gasteiger partial charge in [0.25, 0.3) is 0 Å². The van der Waals surface area contributed by atoms with Crippen molar-refractivity contribution in [1.29, 1.82) is 0 Å². The molecule has 5 nitrogen and oxygen atoms in total. The summed E-state index contributed by atoms with van der Waals surface area (Å²) in [5, 5.41) is 11.1. The average molecular weight is 195 g/mol. The predicted molar refractivity (Wildman–Crippen MR) is 49.4 cm³/mol. The zero-order valence-electron chi connectivity index (χ0n) is 7.48. The molecule has 0 aromatic heterocycles. The Balaban J connectivity index is 2.95. The normalized spacial score (nSPS) is 9.21. The fourth-order valence-electron chi connectivity index (χ4n) is 0.940. The molecule has 0 bridgehead atoms. The molecule has 0 spiro atoms. The van der Waals surface area contributed by atoms with Crippen LogP contribution < -0.4 is 5.32 Å². The smallest absolute Gasteiger partial charge is 0.411 e. The molecule has 74 valence electrons. The number of carboxylic acids is 1. The average Bonchev–Trinajstić information content (AvgIpc) is 2.18. The number of benzene rings is 1. The maximum Gasteiger partial charge on any atom is 0.411 e. The van der Waals surface area contributed by atoms with Crippen LogP contribution in [0, 0.1) is 0 Å². The van der Waals surface area contributed by atoms with Crippen molar-refractivity contribution in [3.8, 4) is 0 Å². The number of carbonyl (C=O) groups excluding carboxylic acids is 1. The Morgan fingerprint density at radius 3 is 2.57 bits per heavy atom. The van der Waals surface area contributed by atoms with Gasteiger partial charge in [0, 0.05) is 0 Å². The number of carboxylic acid groups (broad SMARTS) is 1. The number of hydrogen-bond donors (Lipinski definition) is 2. The van der Waals surface area contributed by atoms with E-state index in [0.29, 0.717) is 0 Å². The van der Waals surface area contributed by atoms with Crippen LogP contribution in [0.5, 0.6) is 0 Å². The molecule has 0 atom stereocenters. The van der Waals surface area contributed by atoms with E-state index in [4.69, 9.17) is 5.11 Å². The molecular weight excluding hydrogens is 186 g/mol. The highest BCUT2D eigenvalue weighted by Crippen LogP contribution is 2.14. The number of hydrogen-bond acceptors (Lipinski definition) is 3. The van der Waals surface area contributed by atoms with Gasteiger partial charge < -0.3 is 9.84 Å². The van der Waals surface area contributed by atoms with Gasteiger partial charge in [-0.25, -0.2) is 9.59 Å². The van der Waals surface area contributed by atoms with Crippen LogP contribution in [0.1, 0.15) is 10.4 Å². The van der Waals surface area contributed by atoms with Crippen molar-refractivity contribution in [3.63, 3.8) is 0 Å². The van der Waals surface area contributed by atoms with Gasteiger partial charge in [-0.1, -0.05) is 12.1 Å². The summed E-state index contributed by atoms with van der Waals surface area (Å²) in [5.74, 6) is -1.10. The molecule has 1 amide bonds. The molecule has 0 fully saturated rings. The summed E-state index contributed by atoms with van der Waals surface area (Å²) >= 11 is 0. The molecule has 0 saturated heterocycles. The van der Waals surface area contributed by atoms with Crippen molar-refractivity contribution in [1.82, 2.24) is 0 Å². The maximum atomic E-state index is 10.8. The van der Waals surface area contributed by atoms with E-state index in [-0.39, 0.29) is 11.3 Å². The molecule has 0 saturated carbocycles. The first kappa shape index (κ1) is 10.0. The Hall–Kier alpha value is -2.04. The summed E-state index contributed by atoms with van der Waals surface area (Å²) < 4.78 is 4.35. The van der Waals surface area contributed by atoms with Crippen molar-refractivity contribution >= 4 is 17.7 Å². The summed E-state index contributed by atoms with van der Waals surface area (Å²) in [6, 6.07) is 6.08. The number of nitrogens with one attached hydrogen (secondary N) is 1. The van der Waals surface area contributed by atoms with Crippen molar-refractivity contribution in [2.24, 2.45) is 0 Å². The number of rotatable bonds is 2. The summed E-state index contributed by atoms with van der Waals surface area (Å²) in [6.45, 7) is 0. The fourth-order valence-corrected chi connectivity index (χ4v) is 0.940. The highest BCUT2D eigenvalue weighted by molar-refractivity contribution is 5.98. The third-order valence-corrected chi connectivity index (χ3v) is 1.58. The third-order valence-electron chi connectivity index (χ3n) is 1.58. The second-order valence-electron chi connectivity index (χ2n) is 2.47. The van der Waals surface area contributed by atoms with E-state index in [0.717, 1.165) is 0 Å². The Morgan fingerprint density at radius 2 is 2.00 bits per heavy atom. The topological polar surface area (TPSA) is 75.6 Å². The zero-order valence-corrected chi connectivity index (χ0v) is 7.48. The van der Waals surface area contributed by atoms with Crippen LogP contribution in [0.4, 0.5) is 10.5 Å². The number of amides is 1. The molecule has 2 N–H and O–H groups in total. The van der Waals surface area contributed by atoms with Crippen LogP contribution in [0.2, 0.25) is 0 Å². The van der Waals surface area contributed by atoms with Crippen molar-refractivity contribution < 1.29 is 19.4 Å². The van der Waals surface area contributed by atoms with Crippen LogP contribution >= 0.6 is 0 Å². The molecule has 0 aliphatic heterocycles. The number of aromatic carboxylic acids is 1. The Labute approximate surface area is 80.3 Å². The second-order valence-corrected chi connectivity index (χ2v) is 2.47. The van der Waals surface area contributed by atoms with Crippen molar-refractivity contribution in [2.75, 3.05) is 12.4 Å². The minimum atomic E-state index is -1.10. The molecule has 0 unspecified atom stereocenters. The molecular formula is C9H9NO4. The van der Waals surface area contributed by atoms with Gasteiger partial charge in [-0.3, -0.25) is 5.32 Å². The standard InChI is InChI=1S/C9H9NO4/c1-14-9(13)10-7-5-3-2-4-6(7)8(11)12/h2-5H,1H3,(H,10,13)(H,11,12). The van der Waals surface area contributed by atoms with E-state index in [9.17, 15) is 9.59 Å². The minimum absolute atomic E-state index is 0.0258. The van der Waals surface area contributed by atoms with Gasteiger partial charge in [0.2, 0.25) is 0 Å². The molecule has 0 aliphatic rings. The van der Waals surface area contributed by atoms with Crippen LogP contribution in [-0.2, 0) is 4.74 Å². The number of methoxy groups -OCH3 is 1. The van der Waals surface area contributed by atoms with Crippen LogP contribution in [0.3, 0.4) is 0 Å². The Morgan fingerprint density at radius 1 is 1.36 bits per heavy atom. The SMILES string of the molecule is COC(=O)Nc1ccccc1C(=O)O. The van der Waals surface area contributed by atoms with Gasteiger partial charge in [0.1, 0.15) is 0 Å². The molecule has 5 heteroatoms. The van der Waals surface area contributed by atoms with E-state index in [1.54, 1.807) is 12.1 Å². The van der Waals surface area contributed by atoms with Gasteiger partial charge >= 0.3 is 12.1 Å². The first-order valence-corrected chi connectivity index (χ1v) is 3.82. The van der Waals surface area contributed by atoms with E-state index in [1.807, 2.05) is 0 Å². The van der Waals surface area contributed by atoms with E-state index >= 15 is 0 Å².